The first-order valence-corrected chi connectivity index (χ1v) is 8.02. The molecule has 2 aromatic carbocycles. The summed E-state index contributed by atoms with van der Waals surface area (Å²) in [4.78, 5) is 0.290. The Morgan fingerprint density at radius 1 is 1.05 bits per heavy atom. The molecule has 0 aliphatic rings. The third-order valence-corrected chi connectivity index (χ3v) is 5.20. The van der Waals surface area contributed by atoms with Crippen LogP contribution in [-0.4, -0.2) is 12.4 Å². The average Bonchev–Trinajstić information content (AvgIpc) is 2.91. The number of aryl methyl sites for hydroxylation is 1. The fourth-order valence-corrected chi connectivity index (χ4v) is 3.65. The third kappa shape index (κ3) is 2.28. The third-order valence-electron chi connectivity index (χ3n) is 3.49. The van der Waals surface area contributed by atoms with Gasteiger partial charge in [-0.2, -0.15) is 0 Å². The SMILES string of the molecule is C=Cc1ccc2c(ccn2S(=O)(=O)c2ccc(C)cc2)c1. The van der Waals surface area contributed by atoms with E-state index in [1.165, 1.54) is 3.97 Å². The first kappa shape index (κ1) is 13.6. The number of fused-ring (bicyclic) bond motifs is 1. The van der Waals surface area contributed by atoms with Gasteiger partial charge in [-0.15, -0.1) is 0 Å². The highest BCUT2D eigenvalue weighted by atomic mass is 32.2. The van der Waals surface area contributed by atoms with E-state index in [2.05, 4.69) is 6.58 Å². The van der Waals surface area contributed by atoms with Gasteiger partial charge in [0.1, 0.15) is 0 Å². The lowest BCUT2D eigenvalue weighted by Gasteiger charge is -2.08. The number of nitrogens with zero attached hydrogens (tertiary/aromatic N) is 1. The highest BCUT2D eigenvalue weighted by molar-refractivity contribution is 7.90. The summed E-state index contributed by atoms with van der Waals surface area (Å²) in [5, 5.41) is 0.878. The van der Waals surface area contributed by atoms with E-state index in [1.54, 1.807) is 48.7 Å². The van der Waals surface area contributed by atoms with Crippen molar-refractivity contribution in [2.75, 3.05) is 0 Å². The molecule has 0 N–H and O–H groups in total. The largest absolute Gasteiger partial charge is 0.268 e. The van der Waals surface area contributed by atoms with Gasteiger partial charge in [0.25, 0.3) is 10.0 Å². The zero-order valence-electron chi connectivity index (χ0n) is 11.7. The van der Waals surface area contributed by atoms with Crippen LogP contribution in [0.2, 0.25) is 0 Å². The lowest BCUT2D eigenvalue weighted by molar-refractivity contribution is 0.589. The average molecular weight is 297 g/mol. The zero-order valence-corrected chi connectivity index (χ0v) is 12.5. The van der Waals surface area contributed by atoms with Gasteiger partial charge in [-0.1, -0.05) is 36.4 Å². The second kappa shape index (κ2) is 4.90. The van der Waals surface area contributed by atoms with Gasteiger partial charge in [0.15, 0.2) is 0 Å². The van der Waals surface area contributed by atoms with Gasteiger partial charge in [0.05, 0.1) is 10.4 Å². The van der Waals surface area contributed by atoms with E-state index in [4.69, 9.17) is 0 Å². The second-order valence-corrected chi connectivity index (χ2v) is 6.77. The molecule has 0 aliphatic carbocycles. The molecular formula is C17H15NO2S. The molecular weight excluding hydrogens is 282 g/mol. The van der Waals surface area contributed by atoms with Crippen molar-refractivity contribution >= 4 is 27.0 Å². The van der Waals surface area contributed by atoms with E-state index >= 15 is 0 Å². The van der Waals surface area contributed by atoms with E-state index in [9.17, 15) is 8.42 Å². The van der Waals surface area contributed by atoms with Crippen molar-refractivity contribution in [1.82, 2.24) is 3.97 Å². The molecule has 0 aliphatic heterocycles. The van der Waals surface area contributed by atoms with Crippen LogP contribution in [0, 0.1) is 6.92 Å². The molecule has 3 rings (SSSR count). The van der Waals surface area contributed by atoms with Gasteiger partial charge in [-0.3, -0.25) is 0 Å². The van der Waals surface area contributed by atoms with Crippen molar-refractivity contribution in [3.05, 3.63) is 72.4 Å². The Morgan fingerprint density at radius 3 is 2.43 bits per heavy atom. The smallest absolute Gasteiger partial charge is 0.241 e. The molecule has 0 saturated carbocycles. The maximum absolute atomic E-state index is 12.7. The summed E-state index contributed by atoms with van der Waals surface area (Å²) >= 11 is 0. The van der Waals surface area contributed by atoms with E-state index in [1.807, 2.05) is 19.1 Å². The van der Waals surface area contributed by atoms with Crippen LogP contribution >= 0.6 is 0 Å². The van der Waals surface area contributed by atoms with Crippen molar-refractivity contribution in [3.8, 4) is 0 Å². The highest BCUT2D eigenvalue weighted by Gasteiger charge is 2.18. The van der Waals surface area contributed by atoms with Crippen LogP contribution in [0.3, 0.4) is 0 Å². The molecule has 1 heterocycles. The highest BCUT2D eigenvalue weighted by Crippen LogP contribution is 2.23. The number of hydrogen-bond donors (Lipinski definition) is 0. The van der Waals surface area contributed by atoms with Gasteiger partial charge in [0, 0.05) is 11.6 Å². The minimum atomic E-state index is -3.57. The summed E-state index contributed by atoms with van der Waals surface area (Å²) in [7, 11) is -3.57. The van der Waals surface area contributed by atoms with Crippen molar-refractivity contribution < 1.29 is 8.42 Å². The molecule has 0 unspecified atom stereocenters. The van der Waals surface area contributed by atoms with Gasteiger partial charge in [0.2, 0.25) is 0 Å². The molecule has 0 fully saturated rings. The van der Waals surface area contributed by atoms with E-state index < -0.39 is 10.0 Å². The fourth-order valence-electron chi connectivity index (χ4n) is 2.30. The molecule has 3 nitrogen and oxygen atoms in total. The van der Waals surface area contributed by atoms with Crippen LogP contribution in [0.5, 0.6) is 0 Å². The number of hydrogen-bond acceptors (Lipinski definition) is 2. The van der Waals surface area contributed by atoms with Crippen molar-refractivity contribution in [3.63, 3.8) is 0 Å². The Morgan fingerprint density at radius 2 is 1.76 bits per heavy atom. The molecule has 0 amide bonds. The molecule has 0 atom stereocenters. The Labute approximate surface area is 124 Å². The van der Waals surface area contributed by atoms with Gasteiger partial charge in [-0.25, -0.2) is 12.4 Å². The second-order valence-electron chi connectivity index (χ2n) is 4.95. The standard InChI is InChI=1S/C17H15NO2S/c1-3-14-6-9-17-15(12-14)10-11-18(17)21(19,20)16-7-4-13(2)5-8-16/h3-12H,1H2,2H3. The first-order chi connectivity index (χ1) is 10.0. The number of rotatable bonds is 3. The first-order valence-electron chi connectivity index (χ1n) is 6.58. The summed E-state index contributed by atoms with van der Waals surface area (Å²) in [6.45, 7) is 5.65. The molecule has 3 aromatic rings. The zero-order chi connectivity index (χ0) is 15.0. The summed E-state index contributed by atoms with van der Waals surface area (Å²) in [5.74, 6) is 0. The van der Waals surface area contributed by atoms with Gasteiger partial charge >= 0.3 is 0 Å². The summed E-state index contributed by atoms with van der Waals surface area (Å²) in [6, 6.07) is 14.2. The molecule has 0 saturated heterocycles. The quantitative estimate of drug-likeness (QED) is 0.737. The van der Waals surface area contributed by atoms with Crippen molar-refractivity contribution in [2.24, 2.45) is 0 Å². The monoisotopic (exact) mass is 297 g/mol. The Balaban J connectivity index is 2.19. The number of aromatic nitrogens is 1. The minimum absolute atomic E-state index is 0.290. The maximum Gasteiger partial charge on any atom is 0.268 e. The normalized spacial score (nSPS) is 11.7. The lowest BCUT2D eigenvalue weighted by Crippen LogP contribution is -2.11. The summed E-state index contributed by atoms with van der Waals surface area (Å²) in [6.07, 6.45) is 3.33. The maximum atomic E-state index is 12.7. The van der Waals surface area contributed by atoms with Crippen molar-refractivity contribution in [2.45, 2.75) is 11.8 Å². The van der Waals surface area contributed by atoms with E-state index in [0.29, 0.717) is 10.4 Å². The summed E-state index contributed by atoms with van der Waals surface area (Å²) in [5.41, 5.74) is 2.66. The van der Waals surface area contributed by atoms with Crippen LogP contribution in [0.25, 0.3) is 17.0 Å². The Bertz CT molecular complexity index is 919. The molecule has 0 radical (unpaired) electrons. The van der Waals surface area contributed by atoms with Gasteiger partial charge in [-0.05, 0) is 42.8 Å². The Hall–Kier alpha value is -2.33. The molecule has 1 aromatic heterocycles. The molecule has 106 valence electrons. The molecule has 21 heavy (non-hydrogen) atoms. The summed E-state index contributed by atoms with van der Waals surface area (Å²) < 4.78 is 26.8. The molecule has 0 bridgehead atoms. The fraction of sp³-hybridized carbons (Fsp3) is 0.0588. The predicted octanol–water partition coefficient (Wildman–Crippen LogP) is 3.83. The van der Waals surface area contributed by atoms with Crippen LogP contribution in [-0.2, 0) is 10.0 Å². The number of benzene rings is 2. The molecule has 4 heteroatoms. The van der Waals surface area contributed by atoms with Crippen LogP contribution in [0.1, 0.15) is 11.1 Å². The van der Waals surface area contributed by atoms with Crippen LogP contribution < -0.4 is 0 Å². The lowest BCUT2D eigenvalue weighted by atomic mass is 10.1. The van der Waals surface area contributed by atoms with Crippen molar-refractivity contribution in [1.29, 1.82) is 0 Å². The van der Waals surface area contributed by atoms with E-state index in [-0.39, 0.29) is 0 Å². The van der Waals surface area contributed by atoms with E-state index in [0.717, 1.165) is 16.5 Å². The Kier molecular flexibility index (Phi) is 3.18. The predicted molar refractivity (Wildman–Crippen MR) is 85.8 cm³/mol. The molecule has 0 spiro atoms. The van der Waals surface area contributed by atoms with Crippen LogP contribution in [0.15, 0.2) is 66.2 Å². The van der Waals surface area contributed by atoms with Crippen LogP contribution in [0.4, 0.5) is 0 Å². The minimum Gasteiger partial charge on any atom is -0.241 e. The topological polar surface area (TPSA) is 39.1 Å². The van der Waals surface area contributed by atoms with Gasteiger partial charge < -0.3 is 0 Å².